The zero-order valence-corrected chi connectivity index (χ0v) is 11.8. The van der Waals surface area contributed by atoms with Gasteiger partial charge in [-0.25, -0.2) is 0 Å². The van der Waals surface area contributed by atoms with Crippen molar-refractivity contribution in [2.24, 2.45) is 0 Å². The monoisotopic (exact) mass is 469 g/mol. The van der Waals surface area contributed by atoms with Crippen LogP contribution in [0, 0.1) is 0 Å². The van der Waals surface area contributed by atoms with Gasteiger partial charge in [0, 0.05) is 0 Å². The third kappa shape index (κ3) is 9.18. The molecule has 0 heterocycles. The Morgan fingerprint density at radius 2 is 1.00 bits per heavy atom. The van der Waals surface area contributed by atoms with Gasteiger partial charge in [-0.05, 0) is 0 Å². The maximum atomic E-state index is 2.54. The van der Waals surface area contributed by atoms with Crippen LogP contribution in [0.25, 0.3) is 0 Å². The Balaban J connectivity index is 2.32. The van der Waals surface area contributed by atoms with Crippen molar-refractivity contribution in [3.63, 3.8) is 0 Å². The van der Waals surface area contributed by atoms with Gasteiger partial charge in [0.2, 0.25) is 0 Å². The first-order valence-electron chi connectivity index (χ1n) is 0.802. The zero-order chi connectivity index (χ0) is 3.58. The molecule has 23 valence electrons. The molecule has 4 heavy (non-hydrogen) atoms. The minimum absolute atomic E-state index is 0.820. The van der Waals surface area contributed by atoms with Crippen molar-refractivity contribution in [1.82, 2.24) is 0 Å². The van der Waals surface area contributed by atoms with E-state index in [2.05, 4.69) is 38.7 Å². The van der Waals surface area contributed by atoms with Crippen molar-refractivity contribution in [3.05, 3.63) is 0 Å². The first kappa shape index (κ1) is 7.67. The molecule has 0 amide bonds. The Morgan fingerprint density at radius 3 is 1.00 bits per heavy atom. The molecule has 0 bridgehead atoms. The Morgan fingerprint density at radius 1 is 1.00 bits per heavy atom. The van der Waals surface area contributed by atoms with Gasteiger partial charge in [-0.1, -0.05) is 0 Å². The molecule has 0 aromatic rings. The van der Waals surface area contributed by atoms with Crippen LogP contribution in [-0.2, 0) is 0 Å². The summed E-state index contributed by atoms with van der Waals surface area (Å²) in [5.41, 5.74) is 0. The van der Waals surface area contributed by atoms with Crippen molar-refractivity contribution >= 4 is 60.1 Å². The van der Waals surface area contributed by atoms with Crippen molar-refractivity contribution in [2.45, 2.75) is 0 Å². The van der Waals surface area contributed by atoms with E-state index in [1.807, 2.05) is 0 Å². The van der Waals surface area contributed by atoms with E-state index >= 15 is 0 Å². The van der Waals surface area contributed by atoms with Gasteiger partial charge in [-0.15, -0.1) is 0 Å². The Bertz CT molecular complexity index is 8.00. The van der Waals surface area contributed by atoms with Gasteiger partial charge in [-0.3, -0.25) is 0 Å². The van der Waals surface area contributed by atoms with Crippen LogP contribution in [0.4, 0.5) is 0 Å². The molecule has 0 unspecified atom stereocenters. The first-order chi connectivity index (χ1) is 1.73. The fourth-order valence-electron chi connectivity index (χ4n) is 0. The maximum absolute atomic E-state index is 2.54. The second kappa shape index (κ2) is 4.82. The summed E-state index contributed by atoms with van der Waals surface area (Å²) in [4.78, 5) is 0. The molecule has 0 aliphatic heterocycles. The Labute approximate surface area is 56.8 Å². The minimum atomic E-state index is -0.820. The van der Waals surface area contributed by atoms with E-state index < -0.39 is 21.4 Å². The van der Waals surface area contributed by atoms with Crippen molar-refractivity contribution in [3.8, 4) is 0 Å². The summed E-state index contributed by atoms with van der Waals surface area (Å²) in [6.07, 6.45) is 0. The number of hydrogen-bond donors (Lipinski definition) is 0. The molecule has 0 aromatic carbocycles. The fraction of sp³-hybridized carbons (Fsp3) is 0. The van der Waals surface area contributed by atoms with E-state index in [0.29, 0.717) is 0 Å². The molecular weight excluding hydrogens is 468 g/mol. The summed E-state index contributed by atoms with van der Waals surface area (Å²) < 4.78 is 0. The average molecular weight is 468 g/mol. The third-order valence-electron chi connectivity index (χ3n) is 0. The molecule has 0 saturated carbocycles. The molecule has 0 fully saturated rings. The van der Waals surface area contributed by atoms with E-state index in [1.54, 1.807) is 0 Å². The molecule has 0 rings (SSSR count). The van der Waals surface area contributed by atoms with E-state index in [1.165, 1.54) is 0 Å². The van der Waals surface area contributed by atoms with Crippen LogP contribution in [0.15, 0.2) is 0 Å². The van der Waals surface area contributed by atoms with Gasteiger partial charge in [0.15, 0.2) is 0 Å². The molecule has 0 saturated heterocycles. The summed E-state index contributed by atoms with van der Waals surface area (Å²) in [6.45, 7) is 0. The summed E-state index contributed by atoms with van der Waals surface area (Å²) >= 11 is 6.80. The average Bonchev–Trinajstić information content (AvgIpc) is 0.811. The van der Waals surface area contributed by atoms with Crippen LogP contribution in [0.2, 0.25) is 0 Å². The second-order valence-corrected chi connectivity index (χ2v) is 80.7. The van der Waals surface area contributed by atoms with Crippen LogP contribution in [-0.4, -0.2) is 21.4 Å². The predicted molar refractivity (Wildman–Crippen MR) is 47.8 cm³/mol. The van der Waals surface area contributed by atoms with Crippen LogP contribution < -0.4 is 0 Å². The van der Waals surface area contributed by atoms with Gasteiger partial charge in [0.25, 0.3) is 0 Å². The molecule has 3 radical (unpaired) electrons. The topological polar surface area (TPSA) is 0 Å². The second-order valence-electron chi connectivity index (χ2n) is 0.303. The summed E-state index contributed by atoms with van der Waals surface area (Å²) in [5.74, 6) is 0. The molecule has 0 aliphatic rings. The molecule has 0 aromatic heterocycles. The van der Waals surface area contributed by atoms with Gasteiger partial charge in [-0.2, -0.15) is 0 Å². The number of rotatable bonds is 0. The van der Waals surface area contributed by atoms with Crippen LogP contribution in [0.3, 0.4) is 0 Å². The molecule has 0 nitrogen and oxygen atoms in total. The summed E-state index contributed by atoms with van der Waals surface area (Å²) in [6, 6.07) is 0. The Kier molecular flexibility index (Phi) is 9.24. The normalized spacial score (nSPS) is 9.00. The standard InChI is InChI=1S/3HI.Sr/h3*1H;/q;;;+3/p-3. The molecule has 0 atom stereocenters. The van der Waals surface area contributed by atoms with E-state index in [4.69, 9.17) is 0 Å². The number of halogens is 3. The van der Waals surface area contributed by atoms with E-state index in [-0.39, 0.29) is 0 Å². The predicted octanol–water partition coefficient (Wildman–Crippen LogP) is 2.28. The molecule has 0 aliphatic carbocycles. The first-order valence-corrected chi connectivity index (χ1v) is 31.8. The van der Waals surface area contributed by atoms with Crippen LogP contribution in [0.1, 0.15) is 0 Å². The SMILES string of the molecule is [I][Sr]([I])[I]. The van der Waals surface area contributed by atoms with Crippen LogP contribution >= 0.6 is 38.7 Å². The number of hydrogen-bond acceptors (Lipinski definition) is 0. The summed E-state index contributed by atoms with van der Waals surface area (Å²) in [7, 11) is 0. The van der Waals surface area contributed by atoms with Crippen molar-refractivity contribution in [1.29, 1.82) is 0 Å². The summed E-state index contributed by atoms with van der Waals surface area (Å²) in [5, 5.41) is 0. The van der Waals surface area contributed by atoms with E-state index in [9.17, 15) is 0 Å². The van der Waals surface area contributed by atoms with Gasteiger partial charge in [0.1, 0.15) is 0 Å². The van der Waals surface area contributed by atoms with Crippen molar-refractivity contribution < 1.29 is 0 Å². The Hall–Kier alpha value is 3.67. The van der Waals surface area contributed by atoms with Crippen LogP contribution in [0.5, 0.6) is 0 Å². The third-order valence-corrected chi connectivity index (χ3v) is 0. The molecular formula is I3Sr. The van der Waals surface area contributed by atoms with Gasteiger partial charge >= 0.3 is 60.1 Å². The quantitative estimate of drug-likeness (QED) is 0.378. The van der Waals surface area contributed by atoms with Gasteiger partial charge in [0.05, 0.1) is 0 Å². The molecule has 0 spiro atoms. The van der Waals surface area contributed by atoms with Gasteiger partial charge < -0.3 is 0 Å². The van der Waals surface area contributed by atoms with E-state index in [0.717, 1.165) is 0 Å². The molecule has 0 N–H and O–H groups in total. The fourth-order valence-corrected chi connectivity index (χ4v) is 0. The molecule has 4 heteroatoms. The van der Waals surface area contributed by atoms with Crippen molar-refractivity contribution in [2.75, 3.05) is 0 Å². The zero-order valence-electron chi connectivity index (χ0n) is 1.84.